The molecule has 2 amide bonds. The lowest BCUT2D eigenvalue weighted by molar-refractivity contribution is -0.129. The van der Waals surface area contributed by atoms with Gasteiger partial charge in [-0.05, 0) is 25.0 Å². The Bertz CT molecular complexity index is 543. The number of primary amides is 1. The number of carbonyl (C=O) groups is 2. The monoisotopic (exact) mass is 305 g/mol. The molecule has 0 aliphatic carbocycles. The van der Waals surface area contributed by atoms with Crippen LogP contribution in [-0.4, -0.2) is 37.0 Å². The fourth-order valence-corrected chi connectivity index (χ4v) is 2.57. The summed E-state index contributed by atoms with van der Waals surface area (Å²) in [4.78, 5) is 25.4. The van der Waals surface area contributed by atoms with Gasteiger partial charge in [-0.3, -0.25) is 9.59 Å². The first-order chi connectivity index (χ1) is 10.5. The van der Waals surface area contributed by atoms with E-state index in [1.807, 2.05) is 32.0 Å². The van der Waals surface area contributed by atoms with E-state index in [1.165, 1.54) is 0 Å². The van der Waals surface area contributed by atoms with Gasteiger partial charge in [-0.2, -0.15) is 0 Å². The zero-order valence-electron chi connectivity index (χ0n) is 13.0. The quantitative estimate of drug-likeness (QED) is 0.822. The lowest BCUT2D eigenvalue weighted by atomic mass is 10.1. The summed E-state index contributed by atoms with van der Waals surface area (Å²) in [7, 11) is 0. The Balaban J connectivity index is 2.15. The third-order valence-electron chi connectivity index (χ3n) is 3.83. The van der Waals surface area contributed by atoms with Crippen LogP contribution in [0.3, 0.4) is 0 Å². The molecular weight excluding hydrogens is 282 g/mol. The highest BCUT2D eigenvalue weighted by atomic mass is 16.5. The van der Waals surface area contributed by atoms with Crippen LogP contribution >= 0.6 is 0 Å². The molecule has 3 N–H and O–H groups in total. The fourth-order valence-electron chi connectivity index (χ4n) is 2.57. The zero-order chi connectivity index (χ0) is 16.1. The average Bonchev–Trinajstić information content (AvgIpc) is 2.51. The number of nitrogens with one attached hydrogen (secondary N) is 1. The molecule has 0 aromatic heterocycles. The van der Waals surface area contributed by atoms with Gasteiger partial charge in [0, 0.05) is 6.04 Å². The normalized spacial score (nSPS) is 16.9. The number of para-hydroxylation sites is 2. The number of hydrogen-bond acceptors (Lipinski definition) is 4. The Kier molecular flexibility index (Phi) is 5.25. The van der Waals surface area contributed by atoms with E-state index >= 15 is 0 Å². The summed E-state index contributed by atoms with van der Waals surface area (Å²) >= 11 is 0. The maximum Gasteiger partial charge on any atom is 0.263 e. The van der Waals surface area contributed by atoms with Gasteiger partial charge in [-0.15, -0.1) is 0 Å². The van der Waals surface area contributed by atoms with Gasteiger partial charge in [0.05, 0.1) is 18.8 Å². The molecule has 1 aromatic rings. The van der Waals surface area contributed by atoms with E-state index in [0.29, 0.717) is 12.3 Å². The van der Waals surface area contributed by atoms with Gasteiger partial charge in [0.2, 0.25) is 5.91 Å². The summed E-state index contributed by atoms with van der Waals surface area (Å²) in [5, 5.41) is 2.98. The van der Waals surface area contributed by atoms with E-state index in [1.54, 1.807) is 11.0 Å². The minimum absolute atomic E-state index is 0.0646. The van der Waals surface area contributed by atoms with Gasteiger partial charge < -0.3 is 20.7 Å². The van der Waals surface area contributed by atoms with E-state index in [0.717, 1.165) is 18.5 Å². The molecule has 1 aliphatic rings. The molecule has 2 rings (SSSR count). The Hall–Kier alpha value is -2.24. The first-order valence-corrected chi connectivity index (χ1v) is 7.64. The molecule has 120 valence electrons. The van der Waals surface area contributed by atoms with Gasteiger partial charge in [0.15, 0.2) is 6.10 Å². The summed E-state index contributed by atoms with van der Waals surface area (Å²) in [6.45, 7) is 4.44. The number of ether oxygens (including phenoxy) is 1. The molecule has 1 aromatic carbocycles. The minimum atomic E-state index is -0.644. The molecule has 22 heavy (non-hydrogen) atoms. The average molecular weight is 305 g/mol. The van der Waals surface area contributed by atoms with Crippen LogP contribution in [0.1, 0.15) is 26.7 Å². The van der Waals surface area contributed by atoms with Gasteiger partial charge in [-0.1, -0.05) is 26.0 Å². The minimum Gasteiger partial charge on any atom is -0.477 e. The van der Waals surface area contributed by atoms with Crippen LogP contribution in [0.2, 0.25) is 0 Å². The number of rotatable bonds is 6. The van der Waals surface area contributed by atoms with Crippen LogP contribution in [0.15, 0.2) is 24.3 Å². The first-order valence-electron chi connectivity index (χ1n) is 7.64. The van der Waals surface area contributed by atoms with Crippen molar-refractivity contribution < 1.29 is 14.3 Å². The number of anilines is 1. The van der Waals surface area contributed by atoms with Crippen molar-refractivity contribution in [3.8, 4) is 5.75 Å². The molecule has 0 saturated carbocycles. The summed E-state index contributed by atoms with van der Waals surface area (Å²) in [5.74, 6) is 0.00762. The van der Waals surface area contributed by atoms with E-state index in [2.05, 4.69) is 5.32 Å². The summed E-state index contributed by atoms with van der Waals surface area (Å²) in [6.07, 6.45) is 1.10. The lowest BCUT2D eigenvalue weighted by Crippen LogP contribution is -2.52. The van der Waals surface area contributed by atoms with Crippen molar-refractivity contribution in [1.29, 1.82) is 0 Å². The Morgan fingerprint density at radius 3 is 2.68 bits per heavy atom. The molecule has 0 fully saturated rings. The molecule has 6 nitrogen and oxygen atoms in total. The molecule has 0 spiro atoms. The van der Waals surface area contributed by atoms with Crippen LogP contribution in [0.4, 0.5) is 5.69 Å². The molecule has 0 saturated heterocycles. The van der Waals surface area contributed by atoms with Crippen LogP contribution < -0.4 is 20.7 Å². The third-order valence-corrected chi connectivity index (χ3v) is 3.83. The highest BCUT2D eigenvalue weighted by molar-refractivity contribution is 5.85. The lowest BCUT2D eigenvalue weighted by Gasteiger charge is -2.35. The molecule has 0 radical (unpaired) electrons. The van der Waals surface area contributed by atoms with Crippen molar-refractivity contribution in [2.75, 3.05) is 18.0 Å². The topological polar surface area (TPSA) is 84.7 Å². The number of benzene rings is 1. The largest absolute Gasteiger partial charge is 0.477 e. The van der Waals surface area contributed by atoms with Crippen LogP contribution in [0.25, 0.3) is 0 Å². The van der Waals surface area contributed by atoms with Gasteiger partial charge in [0.25, 0.3) is 5.91 Å². The SMILES string of the molecule is CCC(CC)NC(=O)[C@H]1CN(CC(N)=O)c2ccccc2O1. The van der Waals surface area contributed by atoms with E-state index in [-0.39, 0.29) is 18.5 Å². The number of nitrogens with zero attached hydrogens (tertiary/aromatic N) is 1. The second kappa shape index (κ2) is 7.15. The van der Waals surface area contributed by atoms with Gasteiger partial charge >= 0.3 is 0 Å². The highest BCUT2D eigenvalue weighted by Crippen LogP contribution is 2.32. The molecule has 0 unspecified atom stereocenters. The van der Waals surface area contributed by atoms with Crippen molar-refractivity contribution in [2.24, 2.45) is 5.73 Å². The maximum absolute atomic E-state index is 12.4. The molecule has 1 heterocycles. The number of nitrogens with two attached hydrogens (primary N) is 1. The molecule has 1 atom stereocenters. The summed E-state index contributed by atoms with van der Waals surface area (Å²) in [5.41, 5.74) is 6.09. The van der Waals surface area contributed by atoms with Gasteiger partial charge in [0.1, 0.15) is 5.75 Å². The molecule has 1 aliphatic heterocycles. The third kappa shape index (κ3) is 3.69. The molecule has 0 bridgehead atoms. The first kappa shape index (κ1) is 16.1. The van der Waals surface area contributed by atoms with Crippen LogP contribution in [-0.2, 0) is 9.59 Å². The number of hydrogen-bond donors (Lipinski definition) is 2. The number of amides is 2. The highest BCUT2D eigenvalue weighted by Gasteiger charge is 2.31. The van der Waals surface area contributed by atoms with E-state index in [4.69, 9.17) is 10.5 Å². The molecule has 6 heteroatoms. The van der Waals surface area contributed by atoms with Crippen molar-refractivity contribution in [2.45, 2.75) is 38.8 Å². The van der Waals surface area contributed by atoms with Crippen molar-refractivity contribution in [3.05, 3.63) is 24.3 Å². The van der Waals surface area contributed by atoms with Crippen molar-refractivity contribution in [3.63, 3.8) is 0 Å². The second-order valence-corrected chi connectivity index (χ2v) is 5.44. The predicted molar refractivity (Wildman–Crippen MR) is 84.8 cm³/mol. The molecular formula is C16H23N3O3. The second-order valence-electron chi connectivity index (χ2n) is 5.44. The van der Waals surface area contributed by atoms with Gasteiger partial charge in [-0.25, -0.2) is 0 Å². The van der Waals surface area contributed by atoms with E-state index in [9.17, 15) is 9.59 Å². The van der Waals surface area contributed by atoms with Crippen LogP contribution in [0.5, 0.6) is 5.75 Å². The number of fused-ring (bicyclic) bond motifs is 1. The maximum atomic E-state index is 12.4. The number of carbonyl (C=O) groups excluding carboxylic acids is 2. The summed E-state index contributed by atoms with van der Waals surface area (Å²) < 4.78 is 5.79. The fraction of sp³-hybridized carbons (Fsp3) is 0.500. The summed E-state index contributed by atoms with van der Waals surface area (Å²) in [6, 6.07) is 7.48. The smallest absolute Gasteiger partial charge is 0.263 e. The van der Waals surface area contributed by atoms with E-state index < -0.39 is 12.0 Å². The Morgan fingerprint density at radius 2 is 2.05 bits per heavy atom. The van der Waals surface area contributed by atoms with Crippen LogP contribution in [0, 0.1) is 0 Å². The predicted octanol–water partition coefficient (Wildman–Crippen LogP) is 1.04. The Labute approximate surface area is 130 Å². The standard InChI is InChI=1S/C16H23N3O3/c1-3-11(4-2)18-16(21)14-9-19(10-15(17)20)12-7-5-6-8-13(12)22-14/h5-8,11,14H,3-4,9-10H2,1-2H3,(H2,17,20)(H,18,21)/t14-/m1/s1. The Morgan fingerprint density at radius 1 is 1.36 bits per heavy atom. The van der Waals surface area contributed by atoms with Crippen molar-refractivity contribution in [1.82, 2.24) is 5.32 Å². The zero-order valence-corrected chi connectivity index (χ0v) is 13.0. The van der Waals surface area contributed by atoms with Crippen molar-refractivity contribution >= 4 is 17.5 Å².